The molecule has 1 amide bonds. The number of rotatable bonds is 6. The van der Waals surface area contributed by atoms with Crippen LogP contribution in [0.15, 0.2) is 24.3 Å². The molecule has 30 heavy (non-hydrogen) atoms. The predicted octanol–water partition coefficient (Wildman–Crippen LogP) is 4.51. The van der Waals surface area contributed by atoms with E-state index in [0.29, 0.717) is 6.04 Å². The largest absolute Gasteiger partial charge is 0.465 e. The van der Waals surface area contributed by atoms with Crippen LogP contribution in [0.2, 0.25) is 0 Å². The SMILES string of the molecule is O=C(O)N(C1CCC(CCN2CCN(c3nsc4ccccc34)CC2)CC1)C1CC1. The van der Waals surface area contributed by atoms with Crippen molar-refractivity contribution in [3.05, 3.63) is 24.3 Å². The van der Waals surface area contributed by atoms with Gasteiger partial charge in [-0.15, -0.1) is 0 Å². The van der Waals surface area contributed by atoms with Crippen molar-refractivity contribution in [2.75, 3.05) is 37.6 Å². The zero-order valence-electron chi connectivity index (χ0n) is 17.6. The van der Waals surface area contributed by atoms with Crippen LogP contribution in [0.4, 0.5) is 10.6 Å². The third-order valence-corrected chi connectivity index (χ3v) is 8.07. The Morgan fingerprint density at radius 3 is 2.37 bits per heavy atom. The third-order valence-electron chi connectivity index (χ3n) is 7.25. The second-order valence-corrected chi connectivity index (χ2v) is 10.0. The summed E-state index contributed by atoms with van der Waals surface area (Å²) in [7, 11) is 0. The van der Waals surface area contributed by atoms with Gasteiger partial charge in [0.15, 0.2) is 0 Å². The Bertz CT molecular complexity index is 867. The third kappa shape index (κ3) is 4.28. The van der Waals surface area contributed by atoms with E-state index < -0.39 is 6.09 Å². The first-order valence-corrected chi connectivity index (χ1v) is 12.3. The van der Waals surface area contributed by atoms with E-state index in [2.05, 4.69) is 34.1 Å². The van der Waals surface area contributed by atoms with Gasteiger partial charge in [0.1, 0.15) is 5.82 Å². The Balaban J connectivity index is 1.06. The fraction of sp³-hybridized carbons (Fsp3) is 0.652. The van der Waals surface area contributed by atoms with Crippen molar-refractivity contribution in [3.8, 4) is 0 Å². The molecule has 0 spiro atoms. The average Bonchev–Trinajstić information content (AvgIpc) is 3.50. The number of carbonyl (C=O) groups is 1. The fourth-order valence-corrected chi connectivity index (χ4v) is 6.12. The minimum Gasteiger partial charge on any atom is -0.465 e. The molecule has 2 aliphatic carbocycles. The van der Waals surface area contributed by atoms with Crippen molar-refractivity contribution in [3.63, 3.8) is 0 Å². The Hall–Kier alpha value is -1.86. The highest BCUT2D eigenvalue weighted by Gasteiger charge is 2.38. The molecule has 1 N–H and O–H groups in total. The maximum Gasteiger partial charge on any atom is 0.407 e. The molecule has 3 aliphatic rings. The molecule has 1 aromatic heterocycles. The molecule has 2 aromatic rings. The molecular weight excluding hydrogens is 396 g/mol. The topological polar surface area (TPSA) is 59.9 Å². The summed E-state index contributed by atoms with van der Waals surface area (Å²) in [6, 6.07) is 9.11. The van der Waals surface area contributed by atoms with E-state index in [1.165, 1.54) is 35.9 Å². The lowest BCUT2D eigenvalue weighted by atomic mass is 9.83. The predicted molar refractivity (Wildman–Crippen MR) is 122 cm³/mol. The Morgan fingerprint density at radius 1 is 1.03 bits per heavy atom. The van der Waals surface area contributed by atoms with Gasteiger partial charge < -0.3 is 14.9 Å². The Kier molecular flexibility index (Phi) is 5.83. The second kappa shape index (κ2) is 8.71. The first-order valence-electron chi connectivity index (χ1n) is 11.5. The molecule has 0 unspecified atom stereocenters. The molecule has 162 valence electrons. The molecule has 5 rings (SSSR count). The quantitative estimate of drug-likeness (QED) is 0.734. The van der Waals surface area contributed by atoms with E-state index in [0.717, 1.165) is 63.6 Å². The number of piperazine rings is 1. The maximum absolute atomic E-state index is 11.6. The minimum absolute atomic E-state index is 0.266. The molecule has 1 aliphatic heterocycles. The maximum atomic E-state index is 11.6. The van der Waals surface area contributed by atoms with E-state index in [4.69, 9.17) is 4.37 Å². The lowest BCUT2D eigenvalue weighted by Gasteiger charge is -2.38. The van der Waals surface area contributed by atoms with Gasteiger partial charge in [-0.25, -0.2) is 4.79 Å². The van der Waals surface area contributed by atoms with Gasteiger partial charge in [-0.1, -0.05) is 12.1 Å². The highest BCUT2D eigenvalue weighted by Crippen LogP contribution is 2.36. The van der Waals surface area contributed by atoms with Crippen molar-refractivity contribution in [1.82, 2.24) is 14.2 Å². The summed E-state index contributed by atoms with van der Waals surface area (Å²) >= 11 is 1.60. The minimum atomic E-state index is -0.702. The summed E-state index contributed by atoms with van der Waals surface area (Å²) < 4.78 is 5.99. The fourth-order valence-electron chi connectivity index (χ4n) is 5.32. The number of anilines is 1. The highest BCUT2D eigenvalue weighted by molar-refractivity contribution is 7.13. The van der Waals surface area contributed by atoms with Gasteiger partial charge in [-0.2, -0.15) is 4.37 Å². The molecule has 0 radical (unpaired) electrons. The van der Waals surface area contributed by atoms with Crippen LogP contribution in [-0.2, 0) is 0 Å². The molecule has 2 saturated carbocycles. The number of benzene rings is 1. The lowest BCUT2D eigenvalue weighted by molar-refractivity contribution is 0.0960. The number of hydrogen-bond donors (Lipinski definition) is 1. The van der Waals surface area contributed by atoms with Crippen LogP contribution in [0, 0.1) is 5.92 Å². The van der Waals surface area contributed by atoms with Crippen molar-refractivity contribution < 1.29 is 9.90 Å². The molecule has 2 heterocycles. The summed E-state index contributed by atoms with van der Waals surface area (Å²) in [5.41, 5.74) is 0. The van der Waals surface area contributed by atoms with E-state index in [1.54, 1.807) is 16.4 Å². The van der Waals surface area contributed by atoms with Crippen LogP contribution in [0.1, 0.15) is 44.9 Å². The number of fused-ring (bicyclic) bond motifs is 1. The summed E-state index contributed by atoms with van der Waals surface area (Å²) in [4.78, 5) is 18.4. The van der Waals surface area contributed by atoms with Crippen molar-refractivity contribution in [2.45, 2.75) is 57.0 Å². The molecule has 3 fully saturated rings. The lowest BCUT2D eigenvalue weighted by Crippen LogP contribution is -2.47. The van der Waals surface area contributed by atoms with Gasteiger partial charge in [0.05, 0.1) is 4.70 Å². The standard InChI is InChI=1S/C23H32N4O2S/c28-23(29)27(19-9-10-19)18-7-5-17(6-8-18)11-12-25-13-15-26(16-14-25)22-20-3-1-2-4-21(20)30-24-22/h1-4,17-19H,5-16H2,(H,28,29). The monoisotopic (exact) mass is 428 g/mol. The van der Waals surface area contributed by atoms with Crippen molar-refractivity contribution in [2.24, 2.45) is 5.92 Å². The van der Waals surface area contributed by atoms with Gasteiger partial charge in [0.25, 0.3) is 0 Å². The smallest absolute Gasteiger partial charge is 0.407 e. The van der Waals surface area contributed by atoms with Crippen LogP contribution < -0.4 is 4.90 Å². The van der Waals surface area contributed by atoms with Crippen LogP contribution in [0.25, 0.3) is 10.1 Å². The first kappa shape index (κ1) is 20.1. The van der Waals surface area contributed by atoms with Gasteiger partial charge in [0, 0.05) is 43.6 Å². The molecule has 6 nitrogen and oxygen atoms in total. The molecule has 7 heteroatoms. The van der Waals surface area contributed by atoms with Gasteiger partial charge >= 0.3 is 6.09 Å². The van der Waals surface area contributed by atoms with Crippen molar-refractivity contribution in [1.29, 1.82) is 0 Å². The first-order chi connectivity index (χ1) is 14.7. The molecular formula is C23H32N4O2S. The Labute approximate surface area is 182 Å². The Morgan fingerprint density at radius 2 is 1.70 bits per heavy atom. The molecule has 0 bridgehead atoms. The molecule has 0 atom stereocenters. The summed E-state index contributed by atoms with van der Waals surface area (Å²) in [5, 5.41) is 10.8. The number of hydrogen-bond acceptors (Lipinski definition) is 5. The number of nitrogens with zero attached hydrogens (tertiary/aromatic N) is 4. The van der Waals surface area contributed by atoms with E-state index in [-0.39, 0.29) is 6.04 Å². The van der Waals surface area contributed by atoms with Crippen LogP contribution >= 0.6 is 11.5 Å². The zero-order valence-corrected chi connectivity index (χ0v) is 18.4. The van der Waals surface area contributed by atoms with E-state index in [1.807, 2.05) is 0 Å². The summed E-state index contributed by atoms with van der Waals surface area (Å²) in [6.45, 7) is 5.49. The van der Waals surface area contributed by atoms with Gasteiger partial charge in [0.2, 0.25) is 0 Å². The molecule has 1 saturated heterocycles. The van der Waals surface area contributed by atoms with Gasteiger partial charge in [-0.05, 0) is 81.1 Å². The van der Waals surface area contributed by atoms with Crippen molar-refractivity contribution >= 4 is 33.5 Å². The highest BCUT2D eigenvalue weighted by atomic mass is 32.1. The second-order valence-electron chi connectivity index (χ2n) is 9.22. The van der Waals surface area contributed by atoms with Gasteiger partial charge in [-0.3, -0.25) is 4.90 Å². The summed E-state index contributed by atoms with van der Waals surface area (Å²) in [6.07, 6.45) is 7.16. The number of carboxylic acid groups (broad SMARTS) is 1. The van der Waals surface area contributed by atoms with Crippen LogP contribution in [0.5, 0.6) is 0 Å². The zero-order chi connectivity index (χ0) is 20.5. The number of aromatic nitrogens is 1. The van der Waals surface area contributed by atoms with E-state index >= 15 is 0 Å². The summed E-state index contributed by atoms with van der Waals surface area (Å²) in [5.74, 6) is 1.92. The van der Waals surface area contributed by atoms with Crippen LogP contribution in [-0.4, -0.2) is 70.2 Å². The van der Waals surface area contributed by atoms with Crippen LogP contribution in [0.3, 0.4) is 0 Å². The normalized spacial score (nSPS) is 25.5. The number of amides is 1. The molecule has 1 aromatic carbocycles. The van der Waals surface area contributed by atoms with E-state index in [9.17, 15) is 9.90 Å². The average molecular weight is 429 g/mol.